The van der Waals surface area contributed by atoms with Crippen molar-refractivity contribution in [3.8, 4) is 5.75 Å². The van der Waals surface area contributed by atoms with Crippen LogP contribution in [-0.4, -0.2) is 58.2 Å². The van der Waals surface area contributed by atoms with Crippen molar-refractivity contribution in [2.24, 2.45) is 4.99 Å². The molecule has 31 heavy (non-hydrogen) atoms. The van der Waals surface area contributed by atoms with Gasteiger partial charge in [0.25, 0.3) is 0 Å². The maximum absolute atomic E-state index is 6.58. The second-order valence-electron chi connectivity index (χ2n) is 7.62. The first-order valence-corrected chi connectivity index (χ1v) is 10.7. The number of likely N-dealkylation sites (N-methyl/N-ethyl adjacent to an activating group) is 1. The smallest absolute Gasteiger partial charge is 0.191 e. The number of rotatable bonds is 6. The van der Waals surface area contributed by atoms with E-state index in [9.17, 15) is 0 Å². The quantitative estimate of drug-likeness (QED) is 0.321. The number of hydrogen-bond acceptors (Lipinski definition) is 4. The van der Waals surface area contributed by atoms with Crippen LogP contribution < -0.4 is 20.3 Å². The number of methoxy groups -OCH3 is 1. The van der Waals surface area contributed by atoms with Gasteiger partial charge >= 0.3 is 0 Å². The van der Waals surface area contributed by atoms with E-state index in [1.807, 2.05) is 18.2 Å². The van der Waals surface area contributed by atoms with Gasteiger partial charge in [-0.05, 0) is 37.7 Å². The van der Waals surface area contributed by atoms with E-state index in [4.69, 9.17) is 16.3 Å². The number of piperazine rings is 1. The summed E-state index contributed by atoms with van der Waals surface area (Å²) in [6.07, 6.45) is 0. The maximum Gasteiger partial charge on any atom is 0.191 e. The molecule has 0 spiro atoms. The molecule has 1 aliphatic heterocycles. The average molecular weight is 558 g/mol. The molecular formula is C23H33ClIN5O. The Labute approximate surface area is 208 Å². The number of aliphatic imine (C=N–C) groups is 1. The number of nitrogens with one attached hydrogen (secondary N) is 2. The van der Waals surface area contributed by atoms with E-state index in [1.165, 1.54) is 11.3 Å². The van der Waals surface area contributed by atoms with Crippen molar-refractivity contribution in [1.29, 1.82) is 0 Å². The molecule has 0 aliphatic carbocycles. The number of guanidine groups is 1. The SMILES string of the molecule is CN=C(NCc1ccc(C)cc1OC)NCc1c(Cl)cccc1N1CCN(C)CC1.I. The lowest BCUT2D eigenvalue weighted by molar-refractivity contribution is 0.312. The van der Waals surface area contributed by atoms with E-state index in [0.717, 1.165) is 54.0 Å². The van der Waals surface area contributed by atoms with Crippen molar-refractivity contribution < 1.29 is 4.74 Å². The van der Waals surface area contributed by atoms with Crippen LogP contribution in [0, 0.1) is 6.92 Å². The molecule has 3 rings (SSSR count). The largest absolute Gasteiger partial charge is 0.496 e. The highest BCUT2D eigenvalue weighted by atomic mass is 127. The van der Waals surface area contributed by atoms with E-state index >= 15 is 0 Å². The maximum atomic E-state index is 6.58. The number of nitrogens with zero attached hydrogens (tertiary/aromatic N) is 3. The molecule has 0 bridgehead atoms. The lowest BCUT2D eigenvalue weighted by atomic mass is 10.1. The Balaban J connectivity index is 0.00000341. The summed E-state index contributed by atoms with van der Waals surface area (Å²) in [6.45, 7) is 7.40. The molecule has 1 heterocycles. The molecular weight excluding hydrogens is 525 g/mol. The van der Waals surface area contributed by atoms with Crippen molar-refractivity contribution >= 4 is 47.2 Å². The second kappa shape index (κ2) is 12.4. The van der Waals surface area contributed by atoms with Crippen molar-refractivity contribution in [2.45, 2.75) is 20.0 Å². The minimum atomic E-state index is 0. The lowest BCUT2D eigenvalue weighted by Crippen LogP contribution is -2.45. The Morgan fingerprint density at radius 3 is 2.48 bits per heavy atom. The Hall–Kier alpha value is -1.71. The van der Waals surface area contributed by atoms with Gasteiger partial charge in [-0.15, -0.1) is 24.0 Å². The molecule has 1 aliphatic rings. The number of aryl methyl sites for hydroxylation is 1. The molecule has 0 unspecified atom stereocenters. The molecule has 0 radical (unpaired) electrons. The molecule has 6 nitrogen and oxygen atoms in total. The molecule has 0 atom stereocenters. The molecule has 8 heteroatoms. The normalized spacial score (nSPS) is 14.7. The number of benzene rings is 2. The molecule has 1 saturated heterocycles. The molecule has 2 aromatic carbocycles. The predicted octanol–water partition coefficient (Wildman–Crippen LogP) is 3.89. The zero-order valence-electron chi connectivity index (χ0n) is 18.7. The third-order valence-electron chi connectivity index (χ3n) is 5.48. The summed E-state index contributed by atoms with van der Waals surface area (Å²) in [7, 11) is 5.63. The Bertz CT molecular complexity index is 884. The Morgan fingerprint density at radius 1 is 1.10 bits per heavy atom. The molecule has 0 saturated carbocycles. The molecule has 0 aromatic heterocycles. The summed E-state index contributed by atoms with van der Waals surface area (Å²) < 4.78 is 5.50. The summed E-state index contributed by atoms with van der Waals surface area (Å²) in [5.74, 6) is 1.60. The zero-order chi connectivity index (χ0) is 21.5. The Kier molecular flexibility index (Phi) is 10.2. The molecule has 2 aromatic rings. The van der Waals surface area contributed by atoms with Crippen LogP contribution in [0.2, 0.25) is 5.02 Å². The van der Waals surface area contributed by atoms with Crippen LogP contribution in [-0.2, 0) is 13.1 Å². The van der Waals surface area contributed by atoms with Crippen LogP contribution in [0.1, 0.15) is 16.7 Å². The highest BCUT2D eigenvalue weighted by molar-refractivity contribution is 14.0. The van der Waals surface area contributed by atoms with Gasteiger partial charge in [0.15, 0.2) is 5.96 Å². The van der Waals surface area contributed by atoms with Crippen LogP contribution in [0.4, 0.5) is 5.69 Å². The van der Waals surface area contributed by atoms with Gasteiger partial charge in [-0.25, -0.2) is 0 Å². The van der Waals surface area contributed by atoms with Crippen LogP contribution in [0.15, 0.2) is 41.4 Å². The van der Waals surface area contributed by atoms with E-state index in [1.54, 1.807) is 14.2 Å². The van der Waals surface area contributed by atoms with Gasteiger partial charge in [0, 0.05) is 68.2 Å². The second-order valence-corrected chi connectivity index (χ2v) is 8.03. The lowest BCUT2D eigenvalue weighted by Gasteiger charge is -2.35. The summed E-state index contributed by atoms with van der Waals surface area (Å²) in [6, 6.07) is 12.3. The van der Waals surface area contributed by atoms with Crippen LogP contribution in [0.5, 0.6) is 5.75 Å². The fourth-order valence-electron chi connectivity index (χ4n) is 3.64. The van der Waals surface area contributed by atoms with Crippen LogP contribution >= 0.6 is 35.6 Å². The van der Waals surface area contributed by atoms with Crippen LogP contribution in [0.3, 0.4) is 0 Å². The number of hydrogen-bond donors (Lipinski definition) is 2. The Morgan fingerprint density at radius 2 is 1.81 bits per heavy atom. The van der Waals surface area contributed by atoms with Gasteiger partial charge in [0.05, 0.1) is 7.11 Å². The predicted molar refractivity (Wildman–Crippen MR) is 141 cm³/mol. The van der Waals surface area contributed by atoms with E-state index in [0.29, 0.717) is 13.1 Å². The molecule has 0 amide bonds. The van der Waals surface area contributed by atoms with Gasteiger partial charge in [-0.1, -0.05) is 29.8 Å². The van der Waals surface area contributed by atoms with Gasteiger partial charge in [0.1, 0.15) is 5.75 Å². The fourth-order valence-corrected chi connectivity index (χ4v) is 3.87. The summed E-state index contributed by atoms with van der Waals surface area (Å²) in [4.78, 5) is 9.13. The number of halogens is 2. The van der Waals surface area contributed by atoms with Gasteiger partial charge in [-0.3, -0.25) is 4.99 Å². The minimum Gasteiger partial charge on any atom is -0.496 e. The van der Waals surface area contributed by atoms with E-state index in [2.05, 4.69) is 57.6 Å². The topological polar surface area (TPSA) is 52.1 Å². The first kappa shape index (κ1) is 25.5. The summed E-state index contributed by atoms with van der Waals surface area (Å²) in [5.41, 5.74) is 4.55. The van der Waals surface area contributed by atoms with Crippen molar-refractivity contribution in [1.82, 2.24) is 15.5 Å². The monoisotopic (exact) mass is 557 g/mol. The number of anilines is 1. The van der Waals surface area contributed by atoms with E-state index < -0.39 is 0 Å². The highest BCUT2D eigenvalue weighted by Gasteiger charge is 2.18. The molecule has 1 fully saturated rings. The standard InChI is InChI=1S/C23H32ClN5O.HI/c1-17-8-9-18(22(14-17)30-4)15-26-23(25-2)27-16-19-20(24)6-5-7-21(19)29-12-10-28(3)11-13-29;/h5-9,14H,10-13,15-16H2,1-4H3,(H2,25,26,27);1H. The zero-order valence-corrected chi connectivity index (χ0v) is 21.8. The number of ether oxygens (including phenoxy) is 1. The van der Waals surface area contributed by atoms with Crippen LogP contribution in [0.25, 0.3) is 0 Å². The van der Waals surface area contributed by atoms with Gasteiger partial charge in [0.2, 0.25) is 0 Å². The third kappa shape index (κ3) is 6.89. The fraction of sp³-hybridized carbons (Fsp3) is 0.435. The third-order valence-corrected chi connectivity index (χ3v) is 5.84. The van der Waals surface area contributed by atoms with Gasteiger partial charge in [-0.2, -0.15) is 0 Å². The van der Waals surface area contributed by atoms with E-state index in [-0.39, 0.29) is 24.0 Å². The highest BCUT2D eigenvalue weighted by Crippen LogP contribution is 2.28. The van der Waals surface area contributed by atoms with Crippen molar-refractivity contribution in [3.63, 3.8) is 0 Å². The van der Waals surface area contributed by atoms with Gasteiger partial charge < -0.3 is 25.2 Å². The molecule has 2 N–H and O–H groups in total. The first-order valence-electron chi connectivity index (χ1n) is 10.3. The first-order chi connectivity index (χ1) is 14.5. The molecule has 170 valence electrons. The van der Waals surface area contributed by atoms with Crippen molar-refractivity contribution in [2.75, 3.05) is 52.3 Å². The average Bonchev–Trinajstić information content (AvgIpc) is 2.75. The van der Waals surface area contributed by atoms with Crippen molar-refractivity contribution in [3.05, 3.63) is 58.1 Å². The summed E-state index contributed by atoms with van der Waals surface area (Å²) in [5, 5.41) is 7.55. The minimum absolute atomic E-state index is 0. The summed E-state index contributed by atoms with van der Waals surface area (Å²) >= 11 is 6.58.